The molecule has 3 aliphatic rings. The first-order valence-electron chi connectivity index (χ1n) is 10.7. The summed E-state index contributed by atoms with van der Waals surface area (Å²) in [7, 11) is 3.25. The molecule has 4 rings (SSSR count). The predicted molar refractivity (Wildman–Crippen MR) is 135 cm³/mol. The van der Waals surface area contributed by atoms with E-state index in [9.17, 15) is 0 Å². The maximum atomic E-state index is 6.41. The highest BCUT2D eigenvalue weighted by Gasteiger charge is 2.49. The van der Waals surface area contributed by atoms with E-state index >= 15 is 0 Å². The van der Waals surface area contributed by atoms with Gasteiger partial charge < -0.3 is 34.7 Å². The average Bonchev–Trinajstić information content (AvgIpc) is 3.40. The van der Waals surface area contributed by atoms with Gasteiger partial charge in [-0.1, -0.05) is 18.2 Å². The van der Waals surface area contributed by atoms with Crippen LogP contribution in [0.4, 0.5) is 5.69 Å². The van der Waals surface area contributed by atoms with Crippen molar-refractivity contribution in [1.29, 1.82) is 0 Å². The van der Waals surface area contributed by atoms with Gasteiger partial charge in [-0.15, -0.1) is 0 Å². The third-order valence-electron chi connectivity index (χ3n) is 5.77. The molecule has 0 amide bonds. The third kappa shape index (κ3) is 5.18. The highest BCUT2D eigenvalue weighted by atomic mass is 79.9. The topological polar surface area (TPSA) is 96.6 Å². The number of allylic oxidation sites excluding steroid dienone is 3. The normalized spacial score (nSPS) is 28.8. The highest BCUT2D eigenvalue weighted by Crippen LogP contribution is 2.35. The molecule has 0 spiro atoms. The van der Waals surface area contributed by atoms with Crippen molar-refractivity contribution in [3.05, 3.63) is 75.5 Å². The van der Waals surface area contributed by atoms with Gasteiger partial charge >= 0.3 is 0 Å². The zero-order chi connectivity index (χ0) is 24.2. The zero-order valence-corrected chi connectivity index (χ0v) is 21.3. The molecule has 1 aromatic rings. The van der Waals surface area contributed by atoms with Crippen LogP contribution < -0.4 is 11.1 Å². The number of nitrogens with one attached hydrogen (secondary N) is 1. The van der Waals surface area contributed by atoms with Gasteiger partial charge in [0.2, 0.25) is 0 Å². The molecule has 8 nitrogen and oxygen atoms in total. The number of nitrogens with zero attached hydrogens (tertiary/aromatic N) is 1. The standard InChI is InChI=1S/C24H27BrClN3O5/c1-4-28-18-9-20(34-21-12-33-22-13(10-30-2)11-32-23(21)22)19(31-3)8-15(18)24(27)29-14-5-6-16(25)17(26)7-14/h4-9,13,21-23,29H,1,10-12,27H2,2-3H3/b24-15+,28-18-/t13-,21+,22?,23?/m0/s1. The van der Waals surface area contributed by atoms with E-state index in [4.69, 9.17) is 41.0 Å². The second-order valence-corrected chi connectivity index (χ2v) is 9.23. The number of fused-ring (bicyclic) bond motifs is 1. The van der Waals surface area contributed by atoms with Crippen LogP contribution in [0, 0.1) is 5.92 Å². The summed E-state index contributed by atoms with van der Waals surface area (Å²) in [6, 6.07) is 5.47. The Balaban J connectivity index is 1.57. The lowest BCUT2D eigenvalue weighted by Crippen LogP contribution is -2.33. The van der Waals surface area contributed by atoms with Crippen molar-refractivity contribution in [3.63, 3.8) is 0 Å². The summed E-state index contributed by atoms with van der Waals surface area (Å²) in [5, 5.41) is 3.73. The second kappa shape index (κ2) is 11.0. The minimum atomic E-state index is -0.285. The zero-order valence-electron chi connectivity index (χ0n) is 18.9. The van der Waals surface area contributed by atoms with Gasteiger partial charge in [0.25, 0.3) is 0 Å². The fraction of sp³-hybridized carbons (Fsp3) is 0.375. The number of rotatable bonds is 8. The van der Waals surface area contributed by atoms with Crippen LogP contribution in [0.3, 0.4) is 0 Å². The van der Waals surface area contributed by atoms with Crippen molar-refractivity contribution >= 4 is 38.9 Å². The van der Waals surface area contributed by atoms with E-state index in [1.54, 1.807) is 32.4 Å². The Labute approximate surface area is 212 Å². The van der Waals surface area contributed by atoms with Gasteiger partial charge in [0.1, 0.15) is 11.9 Å². The van der Waals surface area contributed by atoms with E-state index in [0.29, 0.717) is 53.5 Å². The van der Waals surface area contributed by atoms with E-state index in [2.05, 4.69) is 32.8 Å². The Bertz CT molecular complexity index is 1070. The molecule has 0 bridgehead atoms. The second-order valence-electron chi connectivity index (χ2n) is 7.97. The smallest absolute Gasteiger partial charge is 0.164 e. The lowest BCUT2D eigenvalue weighted by molar-refractivity contribution is -0.00816. The number of methoxy groups -OCH3 is 2. The molecule has 34 heavy (non-hydrogen) atoms. The molecule has 1 aliphatic carbocycles. The number of hydrogen-bond donors (Lipinski definition) is 2. The molecular formula is C24H27BrClN3O5. The van der Waals surface area contributed by atoms with Gasteiger partial charge in [0.15, 0.2) is 17.6 Å². The van der Waals surface area contributed by atoms with Gasteiger partial charge in [-0.25, -0.2) is 0 Å². The molecule has 2 saturated heterocycles. The highest BCUT2D eigenvalue weighted by molar-refractivity contribution is 9.10. The summed E-state index contributed by atoms with van der Waals surface area (Å²) < 4.78 is 29.9. The quantitative estimate of drug-likeness (QED) is 0.500. The maximum absolute atomic E-state index is 6.41. The van der Waals surface area contributed by atoms with Gasteiger partial charge in [0.05, 0.1) is 43.8 Å². The molecule has 1 aromatic carbocycles. The van der Waals surface area contributed by atoms with E-state index < -0.39 is 0 Å². The van der Waals surface area contributed by atoms with Gasteiger partial charge in [-0.2, -0.15) is 0 Å². The number of nitrogens with two attached hydrogens (primary N) is 1. The Kier molecular flexibility index (Phi) is 8.00. The Morgan fingerprint density at radius 1 is 1.26 bits per heavy atom. The minimum absolute atomic E-state index is 0.0570. The Hall–Kier alpha value is -2.30. The molecule has 2 fully saturated rings. The number of ether oxygens (including phenoxy) is 5. The first kappa shape index (κ1) is 24.8. The number of anilines is 1. The SMILES string of the molecule is C=C/N=C1/C=C(O[C@@H]2COC3C2OC[C@@H]3COC)C(OC)=C/C1=C(/N)Nc1ccc(Br)c(Cl)c1. The van der Waals surface area contributed by atoms with Crippen LogP contribution >= 0.6 is 27.5 Å². The molecule has 3 N–H and O–H groups in total. The number of benzene rings is 1. The van der Waals surface area contributed by atoms with Crippen LogP contribution in [-0.4, -0.2) is 58.1 Å². The van der Waals surface area contributed by atoms with Crippen LogP contribution in [0.25, 0.3) is 0 Å². The van der Waals surface area contributed by atoms with Gasteiger partial charge in [-0.3, -0.25) is 4.99 Å². The molecule has 2 heterocycles. The van der Waals surface area contributed by atoms with Crippen molar-refractivity contribution in [2.75, 3.05) is 39.4 Å². The lowest BCUT2D eigenvalue weighted by Gasteiger charge is -2.24. The number of hydrogen-bond acceptors (Lipinski definition) is 8. The molecule has 10 heteroatoms. The Morgan fingerprint density at radius 2 is 2.06 bits per heavy atom. The summed E-state index contributed by atoms with van der Waals surface area (Å²) in [5.74, 6) is 1.58. The first-order chi connectivity index (χ1) is 16.4. The average molecular weight is 553 g/mol. The molecule has 0 radical (unpaired) electrons. The van der Waals surface area contributed by atoms with Crippen LogP contribution in [0.1, 0.15) is 0 Å². The molecule has 2 unspecified atom stereocenters. The predicted octanol–water partition coefficient (Wildman–Crippen LogP) is 4.14. The summed E-state index contributed by atoms with van der Waals surface area (Å²) in [5.41, 5.74) is 8.33. The number of aliphatic imine (C=N–C) groups is 1. The molecule has 182 valence electrons. The summed E-state index contributed by atoms with van der Waals surface area (Å²) >= 11 is 9.59. The van der Waals surface area contributed by atoms with E-state index in [1.165, 1.54) is 6.20 Å². The fourth-order valence-corrected chi connectivity index (χ4v) is 4.61. The van der Waals surface area contributed by atoms with Crippen LogP contribution in [0.15, 0.2) is 75.5 Å². The van der Waals surface area contributed by atoms with E-state index in [-0.39, 0.29) is 24.2 Å². The maximum Gasteiger partial charge on any atom is 0.164 e. The van der Waals surface area contributed by atoms with Crippen LogP contribution in [-0.2, 0) is 23.7 Å². The summed E-state index contributed by atoms with van der Waals surface area (Å²) in [4.78, 5) is 4.39. The molecule has 0 aromatic heterocycles. The van der Waals surface area contributed by atoms with Crippen molar-refractivity contribution in [2.24, 2.45) is 16.6 Å². The monoisotopic (exact) mass is 551 g/mol. The van der Waals surface area contributed by atoms with Gasteiger partial charge in [-0.05, 0) is 40.2 Å². The Morgan fingerprint density at radius 3 is 2.76 bits per heavy atom. The largest absolute Gasteiger partial charge is 0.493 e. The van der Waals surface area contributed by atoms with Gasteiger partial charge in [0, 0.05) is 41.0 Å². The third-order valence-corrected chi connectivity index (χ3v) is 7.00. The van der Waals surface area contributed by atoms with E-state index in [1.807, 2.05) is 12.1 Å². The number of halogens is 2. The summed E-state index contributed by atoms with van der Waals surface area (Å²) in [6.45, 7) is 5.29. The first-order valence-corrected chi connectivity index (χ1v) is 11.9. The van der Waals surface area contributed by atoms with Crippen molar-refractivity contribution < 1.29 is 23.7 Å². The van der Waals surface area contributed by atoms with Crippen LogP contribution in [0.2, 0.25) is 5.02 Å². The molecular weight excluding hydrogens is 526 g/mol. The molecule has 2 aliphatic heterocycles. The van der Waals surface area contributed by atoms with E-state index in [0.717, 1.165) is 10.2 Å². The fourth-order valence-electron chi connectivity index (χ4n) is 4.18. The molecule has 4 atom stereocenters. The van der Waals surface area contributed by atoms with Crippen molar-refractivity contribution in [2.45, 2.75) is 18.3 Å². The van der Waals surface area contributed by atoms with Crippen molar-refractivity contribution in [3.8, 4) is 0 Å². The summed E-state index contributed by atoms with van der Waals surface area (Å²) in [6.07, 6.45) is 4.48. The minimum Gasteiger partial charge on any atom is -0.493 e. The van der Waals surface area contributed by atoms with Crippen molar-refractivity contribution in [1.82, 2.24) is 0 Å². The van der Waals surface area contributed by atoms with Crippen LogP contribution in [0.5, 0.6) is 0 Å². The lowest BCUT2D eigenvalue weighted by atomic mass is 10.0. The molecule has 0 saturated carbocycles.